The van der Waals surface area contributed by atoms with Gasteiger partial charge in [0.05, 0.1) is 16.0 Å². The van der Waals surface area contributed by atoms with Gasteiger partial charge < -0.3 is 15.5 Å². The van der Waals surface area contributed by atoms with Gasteiger partial charge in [-0.05, 0) is 18.9 Å². The van der Waals surface area contributed by atoms with Crippen molar-refractivity contribution in [2.24, 2.45) is 11.7 Å². The maximum atomic E-state index is 12.5. The molecule has 0 bridgehead atoms. The lowest BCUT2D eigenvalue weighted by molar-refractivity contribution is -0.136. The van der Waals surface area contributed by atoms with Crippen molar-refractivity contribution in [3.8, 4) is 0 Å². The Morgan fingerprint density at radius 1 is 1.23 bits per heavy atom. The predicted molar refractivity (Wildman–Crippen MR) is 88.4 cm³/mol. The number of halogens is 2. The average Bonchev–Trinajstić information content (AvgIpc) is 2.93. The molecule has 1 saturated carbocycles. The minimum Gasteiger partial charge on any atom is -0.352 e. The fourth-order valence-corrected chi connectivity index (χ4v) is 3.81. The zero-order valence-corrected chi connectivity index (χ0v) is 13.9. The maximum absolute atomic E-state index is 12.5. The molecule has 2 atom stereocenters. The molecule has 22 heavy (non-hydrogen) atoms. The van der Waals surface area contributed by atoms with Crippen molar-refractivity contribution in [3.63, 3.8) is 0 Å². The van der Waals surface area contributed by atoms with E-state index in [1.807, 2.05) is 4.90 Å². The molecule has 0 aromatic carbocycles. The lowest BCUT2D eigenvalue weighted by Gasteiger charge is -2.37. The fraction of sp³-hybridized carbons (Fsp3) is 0.600. The Labute approximate surface area is 140 Å². The highest BCUT2D eigenvalue weighted by Gasteiger charge is 2.34. The highest BCUT2D eigenvalue weighted by atomic mass is 35.5. The first-order valence-corrected chi connectivity index (χ1v) is 8.42. The molecule has 1 saturated heterocycles. The number of carbonyl (C=O) groups excluding carboxylic acids is 1. The summed E-state index contributed by atoms with van der Waals surface area (Å²) in [6.45, 7) is 2.81. The van der Waals surface area contributed by atoms with Crippen molar-refractivity contribution in [1.29, 1.82) is 0 Å². The zero-order chi connectivity index (χ0) is 15.7. The number of hydrogen-bond donors (Lipinski definition) is 1. The van der Waals surface area contributed by atoms with E-state index in [1.165, 1.54) is 0 Å². The second-order valence-corrected chi connectivity index (χ2v) is 6.82. The molecule has 1 aliphatic carbocycles. The number of anilines is 1. The van der Waals surface area contributed by atoms with Crippen molar-refractivity contribution in [2.75, 3.05) is 31.1 Å². The van der Waals surface area contributed by atoms with Gasteiger partial charge in [-0.3, -0.25) is 4.79 Å². The Balaban J connectivity index is 1.61. The minimum absolute atomic E-state index is 0.00351. The van der Waals surface area contributed by atoms with Crippen molar-refractivity contribution in [2.45, 2.75) is 25.3 Å². The van der Waals surface area contributed by atoms with Crippen LogP contribution >= 0.6 is 23.2 Å². The Bertz CT molecular complexity index is 560. The van der Waals surface area contributed by atoms with Crippen LogP contribution in [0.25, 0.3) is 0 Å². The molecule has 0 radical (unpaired) electrons. The molecule has 2 aliphatic rings. The van der Waals surface area contributed by atoms with Crippen LogP contribution in [0, 0.1) is 5.92 Å². The third kappa shape index (κ3) is 3.16. The van der Waals surface area contributed by atoms with Crippen LogP contribution in [0.4, 0.5) is 5.82 Å². The third-order valence-corrected chi connectivity index (χ3v) is 5.05. The Kier molecular flexibility index (Phi) is 4.76. The number of nitrogens with two attached hydrogens (primary N) is 1. The first-order valence-electron chi connectivity index (χ1n) is 7.66. The lowest BCUT2D eigenvalue weighted by atomic mass is 10.0. The lowest BCUT2D eigenvalue weighted by Crippen LogP contribution is -2.52. The summed E-state index contributed by atoms with van der Waals surface area (Å²) >= 11 is 12.1. The molecule has 0 spiro atoms. The van der Waals surface area contributed by atoms with E-state index in [2.05, 4.69) is 9.88 Å². The van der Waals surface area contributed by atoms with Crippen molar-refractivity contribution in [1.82, 2.24) is 9.88 Å². The topological polar surface area (TPSA) is 62.5 Å². The summed E-state index contributed by atoms with van der Waals surface area (Å²) in [6.07, 6.45) is 4.53. The molecule has 2 heterocycles. The molecule has 0 unspecified atom stereocenters. The van der Waals surface area contributed by atoms with Crippen LogP contribution in [0.3, 0.4) is 0 Å². The molecule has 3 rings (SSSR count). The zero-order valence-electron chi connectivity index (χ0n) is 12.3. The molecule has 2 fully saturated rings. The van der Waals surface area contributed by atoms with Crippen LogP contribution in [0.1, 0.15) is 19.3 Å². The highest BCUT2D eigenvalue weighted by molar-refractivity contribution is 6.36. The van der Waals surface area contributed by atoms with Gasteiger partial charge in [-0.2, -0.15) is 0 Å². The van der Waals surface area contributed by atoms with Gasteiger partial charge in [-0.1, -0.05) is 29.6 Å². The normalized spacial score (nSPS) is 25.6. The number of carbonyl (C=O) groups is 1. The Hall–Kier alpha value is -1.04. The van der Waals surface area contributed by atoms with E-state index in [0.29, 0.717) is 23.1 Å². The van der Waals surface area contributed by atoms with E-state index >= 15 is 0 Å². The molecule has 1 aromatic heterocycles. The van der Waals surface area contributed by atoms with E-state index < -0.39 is 0 Å². The largest absolute Gasteiger partial charge is 0.352 e. The Morgan fingerprint density at radius 3 is 2.55 bits per heavy atom. The molecule has 1 aromatic rings. The van der Waals surface area contributed by atoms with Gasteiger partial charge in [-0.15, -0.1) is 0 Å². The van der Waals surface area contributed by atoms with E-state index in [0.717, 1.165) is 38.2 Å². The van der Waals surface area contributed by atoms with Gasteiger partial charge in [0.25, 0.3) is 0 Å². The quantitative estimate of drug-likeness (QED) is 0.894. The van der Waals surface area contributed by atoms with E-state index in [-0.39, 0.29) is 17.9 Å². The minimum atomic E-state index is 0.00351. The van der Waals surface area contributed by atoms with E-state index in [1.54, 1.807) is 12.3 Å². The second kappa shape index (κ2) is 6.60. The third-order valence-electron chi connectivity index (χ3n) is 4.57. The van der Waals surface area contributed by atoms with Crippen molar-refractivity contribution < 1.29 is 4.79 Å². The van der Waals surface area contributed by atoms with Gasteiger partial charge in [-0.25, -0.2) is 4.98 Å². The molecule has 2 N–H and O–H groups in total. The number of rotatable bonds is 2. The summed E-state index contributed by atoms with van der Waals surface area (Å²) < 4.78 is 0. The summed E-state index contributed by atoms with van der Waals surface area (Å²) in [5.41, 5.74) is 6.04. The smallest absolute Gasteiger partial charge is 0.227 e. The predicted octanol–water partition coefficient (Wildman–Crippen LogP) is 2.16. The Morgan fingerprint density at radius 2 is 1.95 bits per heavy atom. The summed E-state index contributed by atoms with van der Waals surface area (Å²) in [6, 6.07) is 1.72. The van der Waals surface area contributed by atoms with Crippen LogP contribution in [0.2, 0.25) is 10.0 Å². The summed E-state index contributed by atoms with van der Waals surface area (Å²) in [5, 5.41) is 1.07. The van der Waals surface area contributed by atoms with Crippen LogP contribution in [0.5, 0.6) is 0 Å². The van der Waals surface area contributed by atoms with Gasteiger partial charge in [0, 0.05) is 38.4 Å². The molecule has 7 heteroatoms. The van der Waals surface area contributed by atoms with Crippen LogP contribution in [0.15, 0.2) is 12.3 Å². The summed E-state index contributed by atoms with van der Waals surface area (Å²) in [5.74, 6) is 0.944. The molecular formula is C15H20Cl2N4O. The number of nitrogens with zero attached hydrogens (tertiary/aromatic N) is 3. The number of aromatic nitrogens is 1. The van der Waals surface area contributed by atoms with Gasteiger partial charge in [0.2, 0.25) is 5.91 Å². The number of amides is 1. The van der Waals surface area contributed by atoms with Crippen LogP contribution < -0.4 is 10.6 Å². The first kappa shape index (κ1) is 15.8. The maximum Gasteiger partial charge on any atom is 0.227 e. The van der Waals surface area contributed by atoms with Crippen LogP contribution in [-0.4, -0.2) is 48.0 Å². The summed E-state index contributed by atoms with van der Waals surface area (Å²) in [7, 11) is 0. The van der Waals surface area contributed by atoms with Gasteiger partial charge in [0.15, 0.2) is 0 Å². The van der Waals surface area contributed by atoms with Crippen LogP contribution in [-0.2, 0) is 4.79 Å². The average molecular weight is 343 g/mol. The molecule has 120 valence electrons. The fourth-order valence-electron chi connectivity index (χ4n) is 3.31. The SMILES string of the molecule is N[C@@H]1CCC[C@@H]1C(=O)N1CCN(c2ncc(Cl)cc2Cl)CC1. The number of hydrogen-bond acceptors (Lipinski definition) is 4. The summed E-state index contributed by atoms with van der Waals surface area (Å²) in [4.78, 5) is 20.9. The monoisotopic (exact) mass is 342 g/mol. The van der Waals surface area contributed by atoms with Crippen molar-refractivity contribution in [3.05, 3.63) is 22.3 Å². The molecule has 1 aliphatic heterocycles. The number of pyridine rings is 1. The van der Waals surface area contributed by atoms with Gasteiger partial charge >= 0.3 is 0 Å². The molecular weight excluding hydrogens is 323 g/mol. The van der Waals surface area contributed by atoms with E-state index in [9.17, 15) is 4.79 Å². The second-order valence-electron chi connectivity index (χ2n) is 5.97. The van der Waals surface area contributed by atoms with E-state index in [4.69, 9.17) is 28.9 Å². The van der Waals surface area contributed by atoms with Gasteiger partial charge in [0.1, 0.15) is 5.82 Å². The standard InChI is InChI=1S/C15H20Cl2N4O/c16-10-8-12(17)14(19-9-10)20-4-6-21(7-5-20)15(22)11-2-1-3-13(11)18/h8-9,11,13H,1-7,18H2/t11-,13+/m0/s1. The number of piperazine rings is 1. The van der Waals surface area contributed by atoms with Crippen molar-refractivity contribution >= 4 is 34.9 Å². The molecule has 1 amide bonds. The molecule has 5 nitrogen and oxygen atoms in total. The highest BCUT2D eigenvalue weighted by Crippen LogP contribution is 2.29. The first-order chi connectivity index (χ1) is 10.6.